The number of Topliss-reactive ketones (excluding diaryl/α,β-unsaturated/α-hetero) is 2. The van der Waals surface area contributed by atoms with Crippen molar-refractivity contribution in [2.45, 2.75) is 172 Å². The smallest absolute Gasteiger partial charge is 0.308 e. The Morgan fingerprint density at radius 2 is 1.42 bits per heavy atom. The molecule has 0 bridgehead atoms. The van der Waals surface area contributed by atoms with Crippen LogP contribution in [-0.2, 0) is 53.9 Å². The molecule has 8 N–H and O–H groups in total. The molecule has 3 fully saturated rings. The molecule has 3 heterocycles. The number of carbonyl (C=O) groups is 3. The first-order valence-corrected chi connectivity index (χ1v) is 24.4. The lowest BCUT2D eigenvalue weighted by molar-refractivity contribution is -0.334. The number of ketones is 2. The van der Waals surface area contributed by atoms with Crippen molar-refractivity contribution in [1.82, 2.24) is 0 Å². The molecule has 3 saturated heterocycles. The first-order chi connectivity index (χ1) is 33.8. The van der Waals surface area contributed by atoms with Gasteiger partial charge in [-0.2, -0.15) is 5.11 Å². The topological polar surface area (TPSA) is 312 Å². The number of aliphatic hydroxyl groups excluding tert-OH is 4. The third kappa shape index (κ3) is 11.5. The summed E-state index contributed by atoms with van der Waals surface area (Å²) in [6, 6.07) is 6.68. The minimum atomic E-state index is -1.96. The number of fused-ring (bicyclic) bond motifs is 2. The Kier molecular flexibility index (Phi) is 17.3. The number of methoxy groups -OCH3 is 1. The number of benzene rings is 3. The number of phenolic OH excluding ortho intramolecular Hbond substituents is 3. The van der Waals surface area contributed by atoms with E-state index in [9.17, 15) is 55.2 Å². The number of hydrogen-bond acceptors (Lipinski definition) is 21. The van der Waals surface area contributed by atoms with Crippen molar-refractivity contribution in [3.63, 3.8) is 0 Å². The number of rotatable bonds is 15. The van der Waals surface area contributed by atoms with E-state index in [0.717, 1.165) is 13.2 Å². The summed E-state index contributed by atoms with van der Waals surface area (Å²) in [5.41, 5.74) is -1.78. The number of ether oxygens (including phenoxy) is 8. The van der Waals surface area contributed by atoms with Crippen molar-refractivity contribution in [3.05, 3.63) is 51.5 Å². The molecule has 21 nitrogen and oxygen atoms in total. The molecule has 2 unspecified atom stereocenters. The van der Waals surface area contributed by atoms with Gasteiger partial charge in [0, 0.05) is 43.7 Å². The summed E-state index contributed by atoms with van der Waals surface area (Å²) in [5, 5.41) is 97.4. The van der Waals surface area contributed by atoms with Crippen molar-refractivity contribution < 1.29 is 93.1 Å². The van der Waals surface area contributed by atoms with Gasteiger partial charge in [0.05, 0.1) is 69.2 Å². The fourth-order valence-electron chi connectivity index (χ4n) is 9.70. The molecule has 0 aromatic heterocycles. The van der Waals surface area contributed by atoms with Crippen LogP contribution in [0.15, 0.2) is 40.6 Å². The average Bonchev–Trinajstić information content (AvgIpc) is 3.29. The number of aromatic hydroxyl groups is 3. The maximum atomic E-state index is 14.9. The number of halogens is 2. The summed E-state index contributed by atoms with van der Waals surface area (Å²) in [6.45, 7) is 10.8. The normalized spacial score (nSPS) is 33.4. The zero-order valence-corrected chi connectivity index (χ0v) is 42.3. The zero-order chi connectivity index (χ0) is 52.8. The van der Waals surface area contributed by atoms with E-state index in [-0.39, 0.29) is 69.0 Å². The number of azo groups is 1. The third-order valence-electron chi connectivity index (χ3n) is 13.6. The maximum Gasteiger partial charge on any atom is 0.308 e. The minimum Gasteiger partial charge on any atom is -0.507 e. The summed E-state index contributed by atoms with van der Waals surface area (Å²) in [5.74, 6) is -6.05. The van der Waals surface area contributed by atoms with Gasteiger partial charge in [0.1, 0.15) is 59.1 Å². The van der Waals surface area contributed by atoms with E-state index < -0.39 is 144 Å². The molecule has 3 aliphatic heterocycles. The SMILES string of the molecule is COC(C(=O)[C@@H](O)[C@H](C)O)[C@@H]1Cc2cc3c(N=Nc4ccc(Cl)c(Cl)c4)c(O)cc(O)c3c(O)c2C(=O)C1O[C@H]1C[C@@H](O[C@H]2C[C@@H](O[C@H]3C[C@](C)(O)[C@@H](OC(=O)C(C)C)[C@H](C)O3)[C@H](O)[C@@H](C)O2)[C@H](O)[C@@H](C)O1. The van der Waals surface area contributed by atoms with E-state index in [2.05, 4.69) is 10.2 Å². The van der Waals surface area contributed by atoms with E-state index in [1.54, 1.807) is 27.7 Å². The monoisotopic (exact) mass is 1050 g/mol. The van der Waals surface area contributed by atoms with E-state index >= 15 is 0 Å². The second-order valence-corrected chi connectivity index (χ2v) is 20.3. The molecule has 396 valence electrons. The van der Waals surface area contributed by atoms with Gasteiger partial charge in [0.15, 0.2) is 36.5 Å². The van der Waals surface area contributed by atoms with Crippen LogP contribution in [0.5, 0.6) is 17.2 Å². The standard InChI is InChI=1S/C49H62Cl2N2O19/c1-18(2)48(63)72-47-22(6)68-35(17-49(47,7)64)70-32-15-33(66-20(4)41(32)59)69-31-16-34(67-21(5)40(31)58)71-46-26(45(65-8)44(62)39(57)19(3)54)12-23-11-25-37(42(60)36(23)43(46)61)29(55)14-30(56)38(25)53-52-24-9-10-27(50)28(51)13-24/h9-11,13-14,18-22,26,31-35,39-41,45-47,54-60,64H,12,15-17H2,1-8H3/t19-,20+,21+,22-,26-,31+,32+,33-,34-,35-,39-,40+,41+,45?,46?,47-,49-/m0/s1. The van der Waals surface area contributed by atoms with Gasteiger partial charge in [-0.05, 0) is 70.9 Å². The zero-order valence-electron chi connectivity index (χ0n) is 40.7. The van der Waals surface area contributed by atoms with Gasteiger partial charge in [0.2, 0.25) is 0 Å². The summed E-state index contributed by atoms with van der Waals surface area (Å²) in [7, 11) is 1.16. The first-order valence-electron chi connectivity index (χ1n) is 23.6. The highest BCUT2D eigenvalue weighted by atomic mass is 35.5. The second-order valence-electron chi connectivity index (χ2n) is 19.5. The Balaban J connectivity index is 1.15. The highest BCUT2D eigenvalue weighted by molar-refractivity contribution is 6.42. The van der Waals surface area contributed by atoms with Crippen molar-refractivity contribution >= 4 is 62.9 Å². The summed E-state index contributed by atoms with van der Waals surface area (Å²) in [6.07, 6.45) is -19.3. The van der Waals surface area contributed by atoms with Crippen molar-refractivity contribution in [2.75, 3.05) is 7.11 Å². The van der Waals surface area contributed by atoms with Crippen molar-refractivity contribution in [3.8, 4) is 17.2 Å². The molecule has 1 aliphatic carbocycles. The highest BCUT2D eigenvalue weighted by Crippen LogP contribution is 2.50. The van der Waals surface area contributed by atoms with Gasteiger partial charge in [-0.1, -0.05) is 37.0 Å². The molecule has 3 aromatic rings. The highest BCUT2D eigenvalue weighted by Gasteiger charge is 2.52. The summed E-state index contributed by atoms with van der Waals surface area (Å²) in [4.78, 5) is 41.1. The molecule has 4 aliphatic rings. The maximum absolute atomic E-state index is 14.9. The van der Waals surface area contributed by atoms with Crippen LogP contribution in [0.4, 0.5) is 11.4 Å². The van der Waals surface area contributed by atoms with E-state index in [4.69, 9.17) is 61.1 Å². The number of hydrogen-bond donors (Lipinski definition) is 8. The van der Waals surface area contributed by atoms with Crippen molar-refractivity contribution in [2.24, 2.45) is 22.1 Å². The molecule has 72 heavy (non-hydrogen) atoms. The molecular formula is C49H62Cl2N2O19. The molecule has 17 atom stereocenters. The van der Waals surface area contributed by atoms with Crippen LogP contribution in [-0.4, -0.2) is 163 Å². The Morgan fingerprint density at radius 3 is 1.99 bits per heavy atom. The average molecular weight is 1050 g/mol. The van der Waals surface area contributed by atoms with Crippen LogP contribution < -0.4 is 0 Å². The van der Waals surface area contributed by atoms with Gasteiger partial charge in [-0.15, -0.1) is 5.11 Å². The quantitative estimate of drug-likeness (QED) is 0.0737. The molecular weight excluding hydrogens is 991 g/mol. The van der Waals surface area contributed by atoms with E-state index in [1.165, 1.54) is 45.0 Å². The Morgan fingerprint density at radius 1 is 0.819 bits per heavy atom. The van der Waals surface area contributed by atoms with E-state index in [1.807, 2.05) is 0 Å². The predicted molar refractivity (Wildman–Crippen MR) is 253 cm³/mol. The van der Waals surface area contributed by atoms with Gasteiger partial charge in [0.25, 0.3) is 0 Å². The third-order valence-corrected chi connectivity index (χ3v) is 14.3. The largest absolute Gasteiger partial charge is 0.507 e. The number of nitrogens with zero attached hydrogens (tertiary/aromatic N) is 2. The molecule has 0 radical (unpaired) electrons. The van der Waals surface area contributed by atoms with Gasteiger partial charge in [-0.25, -0.2) is 0 Å². The minimum absolute atomic E-state index is 0.0497. The number of aliphatic hydroxyl groups is 5. The van der Waals surface area contributed by atoms with E-state index in [0.29, 0.717) is 0 Å². The van der Waals surface area contributed by atoms with Gasteiger partial charge in [-0.3, -0.25) is 14.4 Å². The molecule has 3 aromatic carbocycles. The number of carbonyl (C=O) groups excluding carboxylic acids is 3. The van der Waals surface area contributed by atoms with Crippen LogP contribution >= 0.6 is 23.2 Å². The van der Waals surface area contributed by atoms with Crippen molar-refractivity contribution in [1.29, 1.82) is 0 Å². The Labute approximate surface area is 424 Å². The van der Waals surface area contributed by atoms with Gasteiger partial charge >= 0.3 is 5.97 Å². The molecule has 7 rings (SSSR count). The fraction of sp³-hybridized carbons (Fsp3) is 0.612. The van der Waals surface area contributed by atoms with Crippen LogP contribution in [0, 0.1) is 11.8 Å². The van der Waals surface area contributed by atoms with Crippen LogP contribution in [0.3, 0.4) is 0 Å². The Hall–Kier alpha value is -4.17. The lowest BCUT2D eigenvalue weighted by atomic mass is 9.75. The lowest BCUT2D eigenvalue weighted by Gasteiger charge is -2.47. The second kappa shape index (κ2) is 22.4. The Bertz CT molecular complexity index is 2530. The molecule has 0 amide bonds. The van der Waals surface area contributed by atoms with Crippen LogP contribution in [0.2, 0.25) is 10.0 Å². The molecule has 0 spiro atoms. The molecule has 23 heteroatoms. The molecule has 0 saturated carbocycles. The lowest BCUT2D eigenvalue weighted by Crippen LogP contribution is -2.59. The van der Waals surface area contributed by atoms with Crippen LogP contribution in [0.1, 0.15) is 83.7 Å². The summed E-state index contributed by atoms with van der Waals surface area (Å²) < 4.78 is 48.3. The number of esters is 1. The van der Waals surface area contributed by atoms with Crippen LogP contribution in [0.25, 0.3) is 10.8 Å². The predicted octanol–water partition coefficient (Wildman–Crippen LogP) is 4.96. The summed E-state index contributed by atoms with van der Waals surface area (Å²) >= 11 is 12.2. The fourth-order valence-corrected chi connectivity index (χ4v) is 10.00. The first kappa shape index (κ1) is 55.6. The van der Waals surface area contributed by atoms with Gasteiger partial charge < -0.3 is 78.7 Å². The number of phenols is 3.